The molecular weight excluding hydrogens is 212 g/mol. The second-order valence-electron chi connectivity index (χ2n) is 4.31. The normalized spacial score (nSPS) is 18.6. The van der Waals surface area contributed by atoms with Gasteiger partial charge in [0, 0.05) is 25.4 Å². The van der Waals surface area contributed by atoms with E-state index >= 15 is 0 Å². The number of carbonyl (C=O) groups excluding carboxylic acids is 1. The highest BCUT2D eigenvalue weighted by Gasteiger charge is 2.22. The molecule has 1 aliphatic heterocycles. The first-order valence-corrected chi connectivity index (χ1v) is 6.16. The Kier molecular flexibility index (Phi) is 3.91. The summed E-state index contributed by atoms with van der Waals surface area (Å²) in [5.74, 6) is 0.249. The van der Waals surface area contributed by atoms with E-state index in [0.29, 0.717) is 12.5 Å². The van der Waals surface area contributed by atoms with Crippen LogP contribution in [0.25, 0.3) is 0 Å². The van der Waals surface area contributed by atoms with Crippen molar-refractivity contribution in [3.63, 3.8) is 0 Å². The van der Waals surface area contributed by atoms with Crippen LogP contribution < -0.4 is 0 Å². The molecule has 2 heterocycles. The molecule has 3 nitrogen and oxygen atoms in total. The zero-order valence-corrected chi connectivity index (χ0v) is 10.2. The number of aryl methyl sites for hydroxylation is 1. The number of carbonyl (C=O) groups is 1. The van der Waals surface area contributed by atoms with Gasteiger partial charge >= 0.3 is 0 Å². The SMILES string of the molecule is CCC1C=CCN1C(=O)CCc1ccncc1. The van der Waals surface area contributed by atoms with Crippen molar-refractivity contribution in [2.45, 2.75) is 32.2 Å². The van der Waals surface area contributed by atoms with Crippen LogP contribution in [0.2, 0.25) is 0 Å². The molecule has 0 saturated carbocycles. The van der Waals surface area contributed by atoms with Gasteiger partial charge in [-0.05, 0) is 30.5 Å². The van der Waals surface area contributed by atoms with Crippen molar-refractivity contribution < 1.29 is 4.79 Å². The molecule has 0 saturated heterocycles. The van der Waals surface area contributed by atoms with Crippen LogP contribution >= 0.6 is 0 Å². The van der Waals surface area contributed by atoms with E-state index in [1.165, 1.54) is 5.56 Å². The quantitative estimate of drug-likeness (QED) is 0.743. The first-order valence-electron chi connectivity index (χ1n) is 6.16. The smallest absolute Gasteiger partial charge is 0.223 e. The van der Waals surface area contributed by atoms with Gasteiger partial charge in [-0.15, -0.1) is 0 Å². The number of amides is 1. The highest BCUT2D eigenvalue weighted by molar-refractivity contribution is 5.77. The lowest BCUT2D eigenvalue weighted by Crippen LogP contribution is -2.35. The van der Waals surface area contributed by atoms with Crippen LogP contribution in [0.3, 0.4) is 0 Å². The van der Waals surface area contributed by atoms with E-state index < -0.39 is 0 Å². The lowest BCUT2D eigenvalue weighted by molar-refractivity contribution is -0.131. The van der Waals surface area contributed by atoms with E-state index in [1.807, 2.05) is 17.0 Å². The summed E-state index contributed by atoms with van der Waals surface area (Å²) < 4.78 is 0. The summed E-state index contributed by atoms with van der Waals surface area (Å²) in [4.78, 5) is 18.0. The molecule has 17 heavy (non-hydrogen) atoms. The topological polar surface area (TPSA) is 33.2 Å². The van der Waals surface area contributed by atoms with Crippen molar-refractivity contribution >= 4 is 5.91 Å². The molecule has 0 aromatic carbocycles. The number of aromatic nitrogens is 1. The molecule has 3 heteroatoms. The molecule has 0 N–H and O–H groups in total. The Morgan fingerprint density at radius 3 is 2.94 bits per heavy atom. The Labute approximate surface area is 102 Å². The Balaban J connectivity index is 1.86. The van der Waals surface area contributed by atoms with Crippen molar-refractivity contribution in [2.75, 3.05) is 6.54 Å². The summed E-state index contributed by atoms with van der Waals surface area (Å²) in [6, 6.07) is 4.24. The summed E-state index contributed by atoms with van der Waals surface area (Å²) >= 11 is 0. The standard InChI is InChI=1S/C14H18N2O/c1-2-13-4-3-11-16(13)14(17)6-5-12-7-9-15-10-8-12/h3-4,7-10,13H,2,5-6,11H2,1H3. The van der Waals surface area contributed by atoms with Gasteiger partial charge in [0.1, 0.15) is 0 Å². The molecule has 1 unspecified atom stereocenters. The summed E-state index contributed by atoms with van der Waals surface area (Å²) in [6.07, 6.45) is 10.1. The van der Waals surface area contributed by atoms with Crippen LogP contribution in [0.1, 0.15) is 25.3 Å². The maximum Gasteiger partial charge on any atom is 0.223 e. The van der Waals surface area contributed by atoms with Gasteiger partial charge in [-0.3, -0.25) is 9.78 Å². The molecule has 1 atom stereocenters. The Bertz CT molecular complexity index is 400. The number of pyridine rings is 1. The molecule has 0 radical (unpaired) electrons. The van der Waals surface area contributed by atoms with Gasteiger partial charge in [-0.25, -0.2) is 0 Å². The minimum Gasteiger partial charge on any atom is -0.333 e. The zero-order chi connectivity index (χ0) is 12.1. The maximum atomic E-state index is 12.1. The lowest BCUT2D eigenvalue weighted by Gasteiger charge is -2.23. The second kappa shape index (κ2) is 5.62. The van der Waals surface area contributed by atoms with E-state index in [-0.39, 0.29) is 5.91 Å². The first-order chi connectivity index (χ1) is 8.31. The van der Waals surface area contributed by atoms with Crippen LogP contribution in [0.5, 0.6) is 0 Å². The average Bonchev–Trinajstić information content (AvgIpc) is 2.85. The third-order valence-corrected chi connectivity index (χ3v) is 3.18. The van der Waals surface area contributed by atoms with E-state index in [1.54, 1.807) is 12.4 Å². The van der Waals surface area contributed by atoms with E-state index in [2.05, 4.69) is 24.1 Å². The van der Waals surface area contributed by atoms with Gasteiger partial charge in [-0.2, -0.15) is 0 Å². The highest BCUT2D eigenvalue weighted by atomic mass is 16.2. The van der Waals surface area contributed by atoms with Crippen LogP contribution in [-0.4, -0.2) is 28.4 Å². The van der Waals surface area contributed by atoms with Crippen LogP contribution in [0.4, 0.5) is 0 Å². The van der Waals surface area contributed by atoms with Gasteiger partial charge in [0.2, 0.25) is 5.91 Å². The molecule has 0 spiro atoms. The fraction of sp³-hybridized carbons (Fsp3) is 0.429. The maximum absolute atomic E-state index is 12.1. The third-order valence-electron chi connectivity index (χ3n) is 3.18. The van der Waals surface area contributed by atoms with Crippen molar-refractivity contribution in [1.82, 2.24) is 9.88 Å². The highest BCUT2D eigenvalue weighted by Crippen LogP contribution is 2.15. The molecule has 1 amide bonds. The average molecular weight is 230 g/mol. The lowest BCUT2D eigenvalue weighted by atomic mass is 10.1. The molecule has 0 fully saturated rings. The largest absolute Gasteiger partial charge is 0.333 e. The van der Waals surface area contributed by atoms with Crippen molar-refractivity contribution in [3.05, 3.63) is 42.2 Å². The molecular formula is C14H18N2O. The first kappa shape index (κ1) is 11.8. The van der Waals surface area contributed by atoms with Gasteiger partial charge in [-0.1, -0.05) is 19.1 Å². The predicted octanol–water partition coefficient (Wildman–Crippen LogP) is 2.19. The summed E-state index contributed by atoms with van der Waals surface area (Å²) in [6.45, 7) is 2.89. The summed E-state index contributed by atoms with van der Waals surface area (Å²) in [5.41, 5.74) is 1.17. The molecule has 0 bridgehead atoms. The molecule has 1 aromatic rings. The van der Waals surface area contributed by atoms with Crippen molar-refractivity contribution in [3.8, 4) is 0 Å². The minimum atomic E-state index is 0.249. The number of nitrogens with zero attached hydrogens (tertiary/aromatic N) is 2. The number of hydrogen-bond donors (Lipinski definition) is 0. The van der Waals surface area contributed by atoms with Gasteiger partial charge in [0.05, 0.1) is 6.04 Å². The predicted molar refractivity (Wildman–Crippen MR) is 67.5 cm³/mol. The van der Waals surface area contributed by atoms with E-state index in [4.69, 9.17) is 0 Å². The van der Waals surface area contributed by atoms with Crippen molar-refractivity contribution in [1.29, 1.82) is 0 Å². The van der Waals surface area contributed by atoms with Crippen molar-refractivity contribution in [2.24, 2.45) is 0 Å². The van der Waals surface area contributed by atoms with E-state index in [9.17, 15) is 4.79 Å². The summed E-state index contributed by atoms with van der Waals surface area (Å²) in [7, 11) is 0. The van der Waals surface area contributed by atoms with E-state index in [0.717, 1.165) is 19.4 Å². The fourth-order valence-electron chi connectivity index (χ4n) is 2.16. The van der Waals surface area contributed by atoms with Crippen LogP contribution in [-0.2, 0) is 11.2 Å². The summed E-state index contributed by atoms with van der Waals surface area (Å²) in [5, 5.41) is 0. The number of hydrogen-bond acceptors (Lipinski definition) is 2. The molecule has 90 valence electrons. The Hall–Kier alpha value is -1.64. The van der Waals surface area contributed by atoms with Crippen LogP contribution in [0.15, 0.2) is 36.7 Å². The fourth-order valence-corrected chi connectivity index (χ4v) is 2.16. The Morgan fingerprint density at radius 2 is 2.24 bits per heavy atom. The molecule has 1 aromatic heterocycles. The molecule has 0 aliphatic carbocycles. The van der Waals surface area contributed by atoms with Crippen LogP contribution in [0, 0.1) is 0 Å². The Morgan fingerprint density at radius 1 is 1.47 bits per heavy atom. The zero-order valence-electron chi connectivity index (χ0n) is 10.2. The molecule has 2 rings (SSSR count). The number of rotatable bonds is 4. The van der Waals surface area contributed by atoms with Gasteiger partial charge in [0.15, 0.2) is 0 Å². The monoisotopic (exact) mass is 230 g/mol. The molecule has 1 aliphatic rings. The van der Waals surface area contributed by atoms with Gasteiger partial charge < -0.3 is 4.90 Å². The second-order valence-corrected chi connectivity index (χ2v) is 4.31. The van der Waals surface area contributed by atoms with Gasteiger partial charge in [0.25, 0.3) is 0 Å². The third kappa shape index (κ3) is 2.93. The minimum absolute atomic E-state index is 0.249.